The minimum atomic E-state index is -0.506. The fourth-order valence-electron chi connectivity index (χ4n) is 4.46. The minimum Gasteiger partial charge on any atom is -0.496 e. The number of dihydropyridines is 1. The van der Waals surface area contributed by atoms with Crippen molar-refractivity contribution in [2.75, 3.05) is 13.7 Å². The SMILES string of the molecule is CCOC(=O)C1=C(C)NC2=C(C(=O)C[C@H](c3cccs3)C2)[C@H]1c1ccccc1OC. The van der Waals surface area contributed by atoms with Crippen LogP contribution in [0.4, 0.5) is 0 Å². The van der Waals surface area contributed by atoms with Gasteiger partial charge in [-0.3, -0.25) is 4.79 Å². The van der Waals surface area contributed by atoms with Gasteiger partial charge in [0.2, 0.25) is 0 Å². The van der Waals surface area contributed by atoms with E-state index >= 15 is 0 Å². The molecule has 4 rings (SSSR count). The summed E-state index contributed by atoms with van der Waals surface area (Å²) in [4.78, 5) is 27.6. The molecule has 6 heteroatoms. The Kier molecular flexibility index (Phi) is 5.77. The summed E-state index contributed by atoms with van der Waals surface area (Å²) in [5.41, 5.74) is 3.55. The predicted octanol–water partition coefficient (Wildman–Crippen LogP) is 4.68. The van der Waals surface area contributed by atoms with Gasteiger partial charge in [0.15, 0.2) is 5.78 Å². The second-order valence-electron chi connectivity index (χ2n) is 7.50. The lowest BCUT2D eigenvalue weighted by Crippen LogP contribution is -2.36. The number of methoxy groups -OCH3 is 1. The first-order valence-corrected chi connectivity index (χ1v) is 11.0. The van der Waals surface area contributed by atoms with Crippen molar-refractivity contribution < 1.29 is 19.1 Å². The highest BCUT2D eigenvalue weighted by Gasteiger charge is 2.42. The number of ether oxygens (including phenoxy) is 2. The monoisotopic (exact) mass is 423 g/mol. The summed E-state index contributed by atoms with van der Waals surface area (Å²) in [5.74, 6) is -0.0447. The Morgan fingerprint density at radius 1 is 1.20 bits per heavy atom. The maximum absolute atomic E-state index is 13.4. The van der Waals surface area contributed by atoms with Crippen molar-refractivity contribution in [1.29, 1.82) is 0 Å². The molecule has 2 heterocycles. The van der Waals surface area contributed by atoms with Crippen molar-refractivity contribution in [3.8, 4) is 5.75 Å². The number of allylic oxidation sites excluding steroid dienone is 3. The number of ketones is 1. The van der Waals surface area contributed by atoms with Gasteiger partial charge in [-0.05, 0) is 37.8 Å². The van der Waals surface area contributed by atoms with Crippen LogP contribution in [0.1, 0.15) is 49.0 Å². The molecular weight excluding hydrogens is 398 g/mol. The minimum absolute atomic E-state index is 0.0624. The molecule has 0 amide bonds. The van der Waals surface area contributed by atoms with E-state index in [4.69, 9.17) is 9.47 Å². The highest BCUT2D eigenvalue weighted by molar-refractivity contribution is 7.10. The van der Waals surface area contributed by atoms with Crippen LogP contribution in [0, 0.1) is 0 Å². The van der Waals surface area contributed by atoms with Crippen LogP contribution in [-0.2, 0) is 14.3 Å². The van der Waals surface area contributed by atoms with E-state index in [1.807, 2.05) is 42.6 Å². The number of esters is 1. The Morgan fingerprint density at radius 2 is 2.00 bits per heavy atom. The molecule has 0 fully saturated rings. The molecule has 2 aromatic rings. The lowest BCUT2D eigenvalue weighted by molar-refractivity contribution is -0.138. The van der Waals surface area contributed by atoms with E-state index < -0.39 is 11.9 Å². The van der Waals surface area contributed by atoms with Crippen molar-refractivity contribution in [2.45, 2.75) is 38.5 Å². The van der Waals surface area contributed by atoms with E-state index in [-0.39, 0.29) is 18.3 Å². The molecule has 5 nitrogen and oxygen atoms in total. The Morgan fingerprint density at radius 3 is 2.70 bits per heavy atom. The summed E-state index contributed by atoms with van der Waals surface area (Å²) in [5, 5.41) is 5.41. The topological polar surface area (TPSA) is 64.6 Å². The third-order valence-electron chi connectivity index (χ3n) is 5.72. The summed E-state index contributed by atoms with van der Waals surface area (Å²) in [6.45, 7) is 3.93. The Bertz CT molecular complexity index is 1040. The number of Topliss-reactive ketones (excluding diaryl/α,β-unsaturated/α-hetero) is 1. The molecule has 0 radical (unpaired) electrons. The van der Waals surface area contributed by atoms with Crippen LogP contribution in [0.15, 0.2) is 64.3 Å². The molecule has 156 valence electrons. The van der Waals surface area contributed by atoms with Crippen LogP contribution in [0.5, 0.6) is 5.75 Å². The highest BCUT2D eigenvalue weighted by Crippen LogP contribution is 2.48. The van der Waals surface area contributed by atoms with E-state index in [1.165, 1.54) is 4.88 Å². The molecule has 0 unspecified atom stereocenters. The van der Waals surface area contributed by atoms with Crippen molar-refractivity contribution in [2.24, 2.45) is 0 Å². The first-order chi connectivity index (χ1) is 14.5. The largest absolute Gasteiger partial charge is 0.496 e. The normalized spacial score (nSPS) is 21.2. The number of rotatable bonds is 5. The van der Waals surface area contributed by atoms with E-state index in [2.05, 4.69) is 11.4 Å². The number of nitrogens with one attached hydrogen (secondary N) is 1. The number of hydrogen-bond acceptors (Lipinski definition) is 6. The van der Waals surface area contributed by atoms with Crippen molar-refractivity contribution >= 4 is 23.1 Å². The summed E-state index contributed by atoms with van der Waals surface area (Å²) < 4.78 is 11.0. The zero-order chi connectivity index (χ0) is 21.3. The first kappa shape index (κ1) is 20.4. The van der Waals surface area contributed by atoms with Gasteiger partial charge >= 0.3 is 5.97 Å². The Balaban J connectivity index is 1.85. The second-order valence-corrected chi connectivity index (χ2v) is 8.47. The number of benzene rings is 1. The van der Waals surface area contributed by atoms with Gasteiger partial charge in [0.05, 0.1) is 25.2 Å². The number of carbonyl (C=O) groups is 2. The lowest BCUT2D eigenvalue weighted by atomic mass is 9.72. The molecule has 1 aromatic heterocycles. The quantitative estimate of drug-likeness (QED) is 0.708. The summed E-state index contributed by atoms with van der Waals surface area (Å²) in [6.07, 6.45) is 1.17. The molecule has 1 aromatic carbocycles. The standard InChI is InChI=1S/C24H25NO4S/c1-4-29-24(27)21-14(2)25-17-12-15(20-10-7-11-30-20)13-18(26)23(17)22(21)16-8-5-6-9-19(16)28-3/h5-11,15,22,25H,4,12-13H2,1-3H3/t15-,22+/m1/s1. The average molecular weight is 424 g/mol. The van der Waals surface area contributed by atoms with Crippen LogP contribution < -0.4 is 10.1 Å². The molecule has 0 bridgehead atoms. The smallest absolute Gasteiger partial charge is 0.336 e. The lowest BCUT2D eigenvalue weighted by Gasteiger charge is -2.36. The molecule has 2 atom stereocenters. The number of carbonyl (C=O) groups excluding carboxylic acids is 2. The first-order valence-electron chi connectivity index (χ1n) is 10.1. The molecule has 30 heavy (non-hydrogen) atoms. The molecule has 0 saturated carbocycles. The molecule has 1 N–H and O–H groups in total. The fourth-order valence-corrected chi connectivity index (χ4v) is 5.29. The molecule has 0 saturated heterocycles. The molecule has 1 aliphatic heterocycles. The van der Waals surface area contributed by atoms with E-state index in [0.29, 0.717) is 23.3 Å². The summed E-state index contributed by atoms with van der Waals surface area (Å²) >= 11 is 1.68. The van der Waals surface area contributed by atoms with E-state index in [0.717, 1.165) is 23.4 Å². The maximum atomic E-state index is 13.4. The fraction of sp³-hybridized carbons (Fsp3) is 0.333. The van der Waals surface area contributed by atoms with Crippen LogP contribution >= 0.6 is 11.3 Å². The summed E-state index contributed by atoms with van der Waals surface area (Å²) in [6, 6.07) is 11.7. The maximum Gasteiger partial charge on any atom is 0.336 e. The van der Waals surface area contributed by atoms with Gasteiger partial charge in [-0.25, -0.2) is 4.79 Å². The van der Waals surface area contributed by atoms with Crippen LogP contribution in [-0.4, -0.2) is 25.5 Å². The molecule has 2 aliphatic rings. The third kappa shape index (κ3) is 3.56. The zero-order valence-corrected chi connectivity index (χ0v) is 18.2. The van der Waals surface area contributed by atoms with E-state index in [9.17, 15) is 9.59 Å². The Hall–Kier alpha value is -2.86. The van der Waals surface area contributed by atoms with Gasteiger partial charge in [0, 0.05) is 39.7 Å². The highest BCUT2D eigenvalue weighted by atomic mass is 32.1. The number of hydrogen-bond donors (Lipinski definition) is 1. The van der Waals surface area contributed by atoms with Crippen molar-refractivity contribution in [3.05, 3.63) is 74.8 Å². The van der Waals surface area contributed by atoms with Crippen LogP contribution in [0.2, 0.25) is 0 Å². The molecular formula is C24H25NO4S. The average Bonchev–Trinajstić information content (AvgIpc) is 3.27. The molecule has 0 spiro atoms. The molecule has 1 aliphatic carbocycles. The van der Waals surface area contributed by atoms with Gasteiger partial charge in [0.25, 0.3) is 0 Å². The van der Waals surface area contributed by atoms with Gasteiger partial charge < -0.3 is 14.8 Å². The van der Waals surface area contributed by atoms with Crippen LogP contribution in [0.25, 0.3) is 0 Å². The van der Waals surface area contributed by atoms with Crippen LogP contribution in [0.3, 0.4) is 0 Å². The Labute approximate surface area is 180 Å². The van der Waals surface area contributed by atoms with Gasteiger partial charge in [0.1, 0.15) is 5.75 Å². The predicted molar refractivity (Wildman–Crippen MR) is 117 cm³/mol. The van der Waals surface area contributed by atoms with Gasteiger partial charge in [-0.2, -0.15) is 0 Å². The van der Waals surface area contributed by atoms with Crippen molar-refractivity contribution in [1.82, 2.24) is 5.32 Å². The van der Waals surface area contributed by atoms with Crippen molar-refractivity contribution in [3.63, 3.8) is 0 Å². The third-order valence-corrected chi connectivity index (χ3v) is 6.75. The second kappa shape index (κ2) is 8.48. The number of para-hydroxylation sites is 1. The van der Waals surface area contributed by atoms with Gasteiger partial charge in [-0.1, -0.05) is 24.3 Å². The van der Waals surface area contributed by atoms with Gasteiger partial charge in [-0.15, -0.1) is 11.3 Å². The summed E-state index contributed by atoms with van der Waals surface area (Å²) in [7, 11) is 1.60. The van der Waals surface area contributed by atoms with E-state index in [1.54, 1.807) is 25.4 Å². The number of thiophene rings is 1. The zero-order valence-electron chi connectivity index (χ0n) is 17.4.